The molecule has 27 heavy (non-hydrogen) atoms. The summed E-state index contributed by atoms with van der Waals surface area (Å²) < 4.78 is 9.70. The van der Waals surface area contributed by atoms with E-state index in [0.29, 0.717) is 0 Å². The van der Waals surface area contributed by atoms with Crippen LogP contribution in [-0.4, -0.2) is 55.0 Å². The third-order valence-corrected chi connectivity index (χ3v) is 3.60. The third kappa shape index (κ3) is 8.52. The van der Waals surface area contributed by atoms with E-state index in [1.807, 2.05) is 0 Å². The molecule has 0 aromatic carbocycles. The van der Waals surface area contributed by atoms with Gasteiger partial charge in [0.25, 0.3) is 0 Å². The Morgan fingerprint density at radius 1 is 0.926 bits per heavy atom. The molecule has 0 radical (unpaired) electrons. The maximum atomic E-state index is 12.5. The van der Waals surface area contributed by atoms with E-state index in [2.05, 4.69) is 10.6 Å². The highest BCUT2D eigenvalue weighted by Gasteiger charge is 2.38. The van der Waals surface area contributed by atoms with Crippen molar-refractivity contribution in [2.45, 2.75) is 53.1 Å². The smallest absolute Gasteiger partial charge is 0.312 e. The number of nitrogens with two attached hydrogens (primary N) is 1. The van der Waals surface area contributed by atoms with Gasteiger partial charge in [-0.2, -0.15) is 0 Å². The van der Waals surface area contributed by atoms with Crippen LogP contribution in [0.5, 0.6) is 0 Å². The molecule has 154 valence electrons. The van der Waals surface area contributed by atoms with Gasteiger partial charge < -0.3 is 25.8 Å². The first kappa shape index (κ1) is 24.4. The van der Waals surface area contributed by atoms with Crippen molar-refractivity contribution in [3.8, 4) is 0 Å². The van der Waals surface area contributed by atoms with E-state index in [9.17, 15) is 24.0 Å². The van der Waals surface area contributed by atoms with Gasteiger partial charge in [0.1, 0.15) is 12.1 Å². The lowest BCUT2D eigenvalue weighted by Gasteiger charge is -2.27. The van der Waals surface area contributed by atoms with E-state index in [1.54, 1.807) is 27.7 Å². The summed E-state index contributed by atoms with van der Waals surface area (Å²) in [6.07, 6.45) is -0.493. The van der Waals surface area contributed by atoms with Gasteiger partial charge in [-0.15, -0.1) is 0 Å². The first-order valence-corrected chi connectivity index (χ1v) is 8.74. The Morgan fingerprint density at radius 2 is 1.48 bits per heavy atom. The predicted molar refractivity (Wildman–Crippen MR) is 94.9 cm³/mol. The van der Waals surface area contributed by atoms with Crippen molar-refractivity contribution in [2.75, 3.05) is 13.2 Å². The molecule has 0 aliphatic carbocycles. The van der Waals surface area contributed by atoms with E-state index in [-0.39, 0.29) is 19.1 Å². The first-order valence-electron chi connectivity index (χ1n) is 8.74. The van der Waals surface area contributed by atoms with Crippen LogP contribution in [-0.2, 0) is 33.4 Å². The molecule has 4 N–H and O–H groups in total. The van der Waals surface area contributed by atoms with Crippen molar-refractivity contribution in [1.29, 1.82) is 0 Å². The zero-order valence-electron chi connectivity index (χ0n) is 16.4. The van der Waals surface area contributed by atoms with Crippen LogP contribution in [0.4, 0.5) is 0 Å². The fraction of sp³-hybridized carbons (Fsp3) is 0.706. The quantitative estimate of drug-likeness (QED) is 0.394. The number of esters is 2. The van der Waals surface area contributed by atoms with Crippen molar-refractivity contribution in [3.05, 3.63) is 0 Å². The first-order chi connectivity index (χ1) is 12.5. The fourth-order valence-corrected chi connectivity index (χ4v) is 2.35. The number of hydrogen-bond donors (Lipinski definition) is 3. The minimum absolute atomic E-state index is 0.0120. The largest absolute Gasteiger partial charge is 0.466 e. The van der Waals surface area contributed by atoms with Crippen LogP contribution in [0, 0.1) is 11.8 Å². The Morgan fingerprint density at radius 3 is 1.89 bits per heavy atom. The number of carbonyl (C=O) groups excluding carboxylic acids is 5. The number of nitrogens with one attached hydrogen (secondary N) is 2. The van der Waals surface area contributed by atoms with Gasteiger partial charge in [-0.3, -0.25) is 24.0 Å². The molecule has 0 fully saturated rings. The van der Waals surface area contributed by atoms with Crippen molar-refractivity contribution in [1.82, 2.24) is 10.6 Å². The van der Waals surface area contributed by atoms with E-state index in [0.717, 1.165) is 0 Å². The lowest BCUT2D eigenvalue weighted by Crippen LogP contribution is -2.58. The molecule has 0 aromatic heterocycles. The summed E-state index contributed by atoms with van der Waals surface area (Å²) in [7, 11) is 0. The van der Waals surface area contributed by atoms with Gasteiger partial charge in [-0.05, 0) is 19.8 Å². The van der Waals surface area contributed by atoms with Gasteiger partial charge in [0, 0.05) is 6.92 Å². The molecule has 0 saturated heterocycles. The van der Waals surface area contributed by atoms with E-state index >= 15 is 0 Å². The molecular formula is C17H29N3O7. The van der Waals surface area contributed by atoms with Crippen LogP contribution < -0.4 is 16.4 Å². The summed E-state index contributed by atoms with van der Waals surface area (Å²) in [5, 5.41) is 4.82. The summed E-state index contributed by atoms with van der Waals surface area (Å²) >= 11 is 0. The molecule has 0 bridgehead atoms. The second-order valence-corrected chi connectivity index (χ2v) is 6.18. The summed E-state index contributed by atoms with van der Waals surface area (Å²) in [5.41, 5.74) is 5.35. The monoisotopic (exact) mass is 387 g/mol. The SMILES string of the molecule is CCOC(=O)C[C@H](C(=O)OCC)[C@@H](NC(=O)[C@H](NC(C)=O)C(C)C)C(N)=O. The summed E-state index contributed by atoms with van der Waals surface area (Å²) in [5.74, 6) is -5.41. The van der Waals surface area contributed by atoms with Crippen LogP contribution in [0.1, 0.15) is 41.0 Å². The van der Waals surface area contributed by atoms with Gasteiger partial charge in [-0.1, -0.05) is 13.8 Å². The van der Waals surface area contributed by atoms with Gasteiger partial charge in [0.15, 0.2) is 0 Å². The highest BCUT2D eigenvalue weighted by molar-refractivity contribution is 5.95. The maximum absolute atomic E-state index is 12.5. The molecule has 0 unspecified atom stereocenters. The van der Waals surface area contributed by atoms with Crippen molar-refractivity contribution in [2.24, 2.45) is 17.6 Å². The number of carbonyl (C=O) groups is 5. The summed E-state index contributed by atoms with van der Waals surface area (Å²) in [6, 6.07) is -2.45. The molecule has 0 aliphatic heterocycles. The van der Waals surface area contributed by atoms with Gasteiger partial charge in [0.05, 0.1) is 25.6 Å². The zero-order valence-corrected chi connectivity index (χ0v) is 16.4. The summed E-state index contributed by atoms with van der Waals surface area (Å²) in [6.45, 7) is 7.88. The zero-order chi connectivity index (χ0) is 21.1. The molecule has 3 amide bonds. The Balaban J connectivity index is 5.58. The van der Waals surface area contributed by atoms with Crippen LogP contribution in [0.15, 0.2) is 0 Å². The molecule has 0 spiro atoms. The van der Waals surface area contributed by atoms with Gasteiger partial charge in [0.2, 0.25) is 17.7 Å². The number of ether oxygens (including phenoxy) is 2. The number of amides is 3. The molecule has 0 heterocycles. The molecule has 0 rings (SSSR count). The number of hydrogen-bond acceptors (Lipinski definition) is 7. The van der Waals surface area contributed by atoms with Crippen molar-refractivity contribution >= 4 is 29.7 Å². The number of rotatable bonds is 11. The molecule has 10 nitrogen and oxygen atoms in total. The Labute approximate surface area is 158 Å². The van der Waals surface area contributed by atoms with Crippen LogP contribution in [0.2, 0.25) is 0 Å². The van der Waals surface area contributed by atoms with Gasteiger partial charge in [-0.25, -0.2) is 0 Å². The van der Waals surface area contributed by atoms with Gasteiger partial charge >= 0.3 is 11.9 Å². The molecule has 0 aliphatic rings. The van der Waals surface area contributed by atoms with E-state index in [1.165, 1.54) is 6.92 Å². The Kier molecular flexibility index (Phi) is 10.7. The maximum Gasteiger partial charge on any atom is 0.312 e. The minimum Gasteiger partial charge on any atom is -0.466 e. The van der Waals surface area contributed by atoms with Crippen molar-refractivity contribution in [3.63, 3.8) is 0 Å². The molecule has 3 atom stereocenters. The van der Waals surface area contributed by atoms with E-state index < -0.39 is 54.1 Å². The fourth-order valence-electron chi connectivity index (χ4n) is 2.35. The highest BCUT2D eigenvalue weighted by atomic mass is 16.5. The van der Waals surface area contributed by atoms with Crippen LogP contribution >= 0.6 is 0 Å². The average Bonchev–Trinajstić information content (AvgIpc) is 2.55. The predicted octanol–water partition coefficient (Wildman–Crippen LogP) is -0.750. The lowest BCUT2D eigenvalue weighted by molar-refractivity contribution is -0.157. The second kappa shape index (κ2) is 11.9. The standard InChI is InChI=1S/C17H29N3O7/c1-6-26-12(22)8-11(17(25)27-7-2)14(15(18)23)20-16(24)13(9(3)4)19-10(5)21/h9,11,13-14H,6-8H2,1-5H3,(H2,18,23)(H,19,21)(H,20,24)/t11-,13+,14+/m0/s1. The molecular weight excluding hydrogens is 358 g/mol. The van der Waals surface area contributed by atoms with E-state index in [4.69, 9.17) is 15.2 Å². The topological polar surface area (TPSA) is 154 Å². The summed E-state index contributed by atoms with van der Waals surface area (Å²) in [4.78, 5) is 59.8. The average molecular weight is 387 g/mol. The third-order valence-electron chi connectivity index (χ3n) is 3.60. The molecule has 10 heteroatoms. The second-order valence-electron chi connectivity index (χ2n) is 6.18. The Bertz CT molecular complexity index is 563. The van der Waals surface area contributed by atoms with Crippen molar-refractivity contribution < 1.29 is 33.4 Å². The van der Waals surface area contributed by atoms with Crippen LogP contribution in [0.25, 0.3) is 0 Å². The molecule has 0 aromatic rings. The molecule has 0 saturated carbocycles. The minimum atomic E-state index is -1.50. The Hall–Kier alpha value is -2.65. The normalized spacial score (nSPS) is 13.9. The van der Waals surface area contributed by atoms with Crippen LogP contribution in [0.3, 0.4) is 0 Å². The highest BCUT2D eigenvalue weighted by Crippen LogP contribution is 2.15. The number of primary amides is 1. The lowest BCUT2D eigenvalue weighted by atomic mass is 9.94.